The highest BCUT2D eigenvalue weighted by Crippen LogP contribution is 2.36. The van der Waals surface area contributed by atoms with E-state index in [2.05, 4.69) is 63.3 Å². The number of hydrogen-bond donors (Lipinski definition) is 2. The van der Waals surface area contributed by atoms with Crippen molar-refractivity contribution in [2.75, 3.05) is 26.7 Å². The maximum Gasteiger partial charge on any atom is 0.330 e. The van der Waals surface area contributed by atoms with Gasteiger partial charge in [0, 0.05) is 48.9 Å². The predicted octanol–water partition coefficient (Wildman–Crippen LogP) is 3.84. The fraction of sp³-hybridized carbons (Fsp3) is 0.320. The molecular formula is C25H29N3O2. The number of nitrogens with one attached hydrogen (secondary N) is 1. The summed E-state index contributed by atoms with van der Waals surface area (Å²) >= 11 is 0. The number of ether oxygens (including phenoxy) is 1. The smallest absolute Gasteiger partial charge is 0.330 e. The van der Waals surface area contributed by atoms with Crippen molar-refractivity contribution in [2.24, 2.45) is 5.73 Å². The summed E-state index contributed by atoms with van der Waals surface area (Å²) in [6.45, 7) is 2.52. The highest BCUT2D eigenvalue weighted by molar-refractivity contribution is 5.87. The van der Waals surface area contributed by atoms with Crippen LogP contribution in [-0.2, 0) is 22.4 Å². The quantitative estimate of drug-likeness (QED) is 0.443. The van der Waals surface area contributed by atoms with Crippen molar-refractivity contribution in [2.45, 2.75) is 25.3 Å². The van der Waals surface area contributed by atoms with Gasteiger partial charge in [-0.05, 0) is 53.7 Å². The number of hydrogen-bond acceptors (Lipinski definition) is 4. The summed E-state index contributed by atoms with van der Waals surface area (Å²) < 4.78 is 4.68. The van der Waals surface area contributed by atoms with Crippen molar-refractivity contribution in [3.05, 3.63) is 77.0 Å². The Morgan fingerprint density at radius 1 is 1.27 bits per heavy atom. The number of benzene rings is 2. The summed E-state index contributed by atoms with van der Waals surface area (Å²) in [7, 11) is 1.39. The summed E-state index contributed by atoms with van der Waals surface area (Å²) in [5.41, 5.74) is 12.3. The maximum atomic E-state index is 11.4. The van der Waals surface area contributed by atoms with Gasteiger partial charge in [0.2, 0.25) is 0 Å². The van der Waals surface area contributed by atoms with Crippen molar-refractivity contribution in [1.29, 1.82) is 0 Å². The van der Waals surface area contributed by atoms with Crippen LogP contribution in [0, 0.1) is 0 Å². The van der Waals surface area contributed by atoms with E-state index in [1.165, 1.54) is 40.8 Å². The van der Waals surface area contributed by atoms with Crippen LogP contribution < -0.4 is 5.73 Å². The van der Waals surface area contributed by atoms with Crippen molar-refractivity contribution in [3.63, 3.8) is 0 Å². The molecule has 0 aliphatic heterocycles. The SMILES string of the molecule is COC(=O)/C=C/c1ccc2c(c1)CCC2N(CCN)CCc1c[nH]c2ccccc12. The average Bonchev–Trinajstić information content (AvgIpc) is 3.39. The molecule has 0 fully saturated rings. The number of methoxy groups -OCH3 is 1. The van der Waals surface area contributed by atoms with Crippen molar-refractivity contribution in [3.8, 4) is 0 Å². The Bertz CT molecular complexity index is 1050. The minimum Gasteiger partial charge on any atom is -0.466 e. The molecule has 0 bridgehead atoms. The average molecular weight is 404 g/mol. The zero-order valence-corrected chi connectivity index (χ0v) is 17.4. The van der Waals surface area contributed by atoms with Crippen LogP contribution in [0.4, 0.5) is 0 Å². The van der Waals surface area contributed by atoms with E-state index in [0.29, 0.717) is 12.6 Å². The zero-order chi connectivity index (χ0) is 20.9. The lowest BCUT2D eigenvalue weighted by molar-refractivity contribution is -0.134. The van der Waals surface area contributed by atoms with E-state index in [0.717, 1.165) is 37.9 Å². The van der Waals surface area contributed by atoms with Crippen molar-refractivity contribution >= 4 is 22.9 Å². The summed E-state index contributed by atoms with van der Waals surface area (Å²) in [6.07, 6.45) is 8.56. The molecule has 1 atom stereocenters. The van der Waals surface area contributed by atoms with Crippen LogP contribution >= 0.6 is 0 Å². The molecule has 0 radical (unpaired) electrons. The number of carbonyl (C=O) groups excluding carboxylic acids is 1. The first kappa shape index (κ1) is 20.4. The second kappa shape index (κ2) is 9.28. The summed E-state index contributed by atoms with van der Waals surface area (Å²) in [4.78, 5) is 17.3. The van der Waals surface area contributed by atoms with Gasteiger partial charge in [-0.2, -0.15) is 0 Å². The molecule has 1 aliphatic carbocycles. The first-order valence-corrected chi connectivity index (χ1v) is 10.6. The van der Waals surface area contributed by atoms with E-state index in [9.17, 15) is 4.79 Å². The fourth-order valence-electron chi connectivity index (χ4n) is 4.52. The number of H-pyrrole nitrogens is 1. The first-order chi connectivity index (χ1) is 14.7. The summed E-state index contributed by atoms with van der Waals surface area (Å²) in [6, 6.07) is 15.3. The zero-order valence-electron chi connectivity index (χ0n) is 17.4. The molecule has 156 valence electrons. The minimum absolute atomic E-state index is 0.334. The Hall–Kier alpha value is -2.89. The molecule has 5 nitrogen and oxygen atoms in total. The number of aryl methyl sites for hydroxylation is 1. The lowest BCUT2D eigenvalue weighted by atomic mass is 10.0. The summed E-state index contributed by atoms with van der Waals surface area (Å²) in [5, 5.41) is 1.30. The van der Waals surface area contributed by atoms with E-state index in [1.54, 1.807) is 0 Å². The standard InChI is InChI=1S/C25H29N3O2/c1-30-25(29)11-7-18-6-9-22-19(16-18)8-10-24(22)28(15-13-26)14-12-20-17-27-23-5-3-2-4-21(20)23/h2-7,9,11,16-17,24,27H,8,10,12-15,26H2,1H3/b11-7+. The Kier molecular flexibility index (Phi) is 6.31. The number of aromatic amines is 1. The van der Waals surface area contributed by atoms with Gasteiger partial charge in [0.1, 0.15) is 0 Å². The number of carbonyl (C=O) groups is 1. The van der Waals surface area contributed by atoms with Crippen LogP contribution in [0.15, 0.2) is 54.7 Å². The molecule has 3 N–H and O–H groups in total. The third kappa shape index (κ3) is 4.32. The Labute approximate surface area is 177 Å². The molecule has 1 aliphatic rings. The predicted molar refractivity (Wildman–Crippen MR) is 121 cm³/mol. The number of esters is 1. The lowest BCUT2D eigenvalue weighted by Gasteiger charge is -2.29. The molecule has 0 spiro atoms. The highest BCUT2D eigenvalue weighted by atomic mass is 16.5. The normalized spacial score (nSPS) is 15.9. The topological polar surface area (TPSA) is 71.3 Å². The van der Waals surface area contributed by atoms with E-state index in [4.69, 9.17) is 5.73 Å². The third-order valence-corrected chi connectivity index (χ3v) is 6.03. The lowest BCUT2D eigenvalue weighted by Crippen LogP contribution is -2.34. The fourth-order valence-corrected chi connectivity index (χ4v) is 4.52. The van der Waals surface area contributed by atoms with Gasteiger partial charge in [-0.3, -0.25) is 4.90 Å². The molecule has 1 heterocycles. The van der Waals surface area contributed by atoms with E-state index >= 15 is 0 Å². The molecule has 1 unspecified atom stereocenters. The Morgan fingerprint density at radius 3 is 2.97 bits per heavy atom. The molecule has 0 saturated heterocycles. The minimum atomic E-state index is -0.334. The van der Waals surface area contributed by atoms with E-state index < -0.39 is 0 Å². The van der Waals surface area contributed by atoms with E-state index in [-0.39, 0.29) is 5.97 Å². The van der Waals surface area contributed by atoms with Crippen LogP contribution in [0.25, 0.3) is 17.0 Å². The second-order valence-corrected chi connectivity index (χ2v) is 7.80. The number of aromatic nitrogens is 1. The molecule has 0 saturated carbocycles. The van der Waals surface area contributed by atoms with Crippen molar-refractivity contribution in [1.82, 2.24) is 9.88 Å². The monoisotopic (exact) mass is 403 g/mol. The van der Waals surface area contributed by atoms with Gasteiger partial charge >= 0.3 is 5.97 Å². The molecule has 4 rings (SSSR count). The Balaban J connectivity index is 1.49. The van der Waals surface area contributed by atoms with Crippen LogP contribution in [0.1, 0.15) is 34.7 Å². The van der Waals surface area contributed by atoms with Gasteiger partial charge in [-0.15, -0.1) is 0 Å². The molecule has 1 aromatic heterocycles. The molecule has 0 amide bonds. The summed E-state index contributed by atoms with van der Waals surface area (Å²) in [5.74, 6) is -0.334. The van der Waals surface area contributed by atoms with Gasteiger partial charge in [-0.25, -0.2) is 4.79 Å². The van der Waals surface area contributed by atoms with Gasteiger partial charge in [-0.1, -0.05) is 36.4 Å². The number of nitrogens with two attached hydrogens (primary N) is 1. The largest absolute Gasteiger partial charge is 0.466 e. The Morgan fingerprint density at radius 2 is 2.13 bits per heavy atom. The van der Waals surface area contributed by atoms with Gasteiger partial charge in [0.25, 0.3) is 0 Å². The highest BCUT2D eigenvalue weighted by Gasteiger charge is 2.27. The van der Waals surface area contributed by atoms with E-state index in [1.807, 2.05) is 6.08 Å². The molecule has 5 heteroatoms. The molecule has 2 aromatic carbocycles. The van der Waals surface area contributed by atoms with Crippen LogP contribution in [0.3, 0.4) is 0 Å². The molecule has 30 heavy (non-hydrogen) atoms. The van der Waals surface area contributed by atoms with Gasteiger partial charge in [0.15, 0.2) is 0 Å². The van der Waals surface area contributed by atoms with Crippen molar-refractivity contribution < 1.29 is 9.53 Å². The number of rotatable bonds is 8. The van der Waals surface area contributed by atoms with Gasteiger partial charge < -0.3 is 15.5 Å². The number of nitrogens with zero attached hydrogens (tertiary/aromatic N) is 1. The molecule has 3 aromatic rings. The number of fused-ring (bicyclic) bond motifs is 2. The number of para-hydroxylation sites is 1. The van der Waals surface area contributed by atoms with Crippen LogP contribution in [-0.4, -0.2) is 42.6 Å². The maximum absolute atomic E-state index is 11.4. The van der Waals surface area contributed by atoms with Gasteiger partial charge in [0.05, 0.1) is 7.11 Å². The van der Waals surface area contributed by atoms with Crippen LogP contribution in [0.2, 0.25) is 0 Å². The second-order valence-electron chi connectivity index (χ2n) is 7.80. The van der Waals surface area contributed by atoms with Crippen LogP contribution in [0.5, 0.6) is 0 Å². The molecular weight excluding hydrogens is 374 g/mol. The first-order valence-electron chi connectivity index (χ1n) is 10.6. The third-order valence-electron chi connectivity index (χ3n) is 6.03.